The molecule has 48 heavy (non-hydrogen) atoms. The molecule has 0 N–H and O–H groups in total. The summed E-state index contributed by atoms with van der Waals surface area (Å²) >= 11 is 0. The number of benzene rings is 4. The normalized spacial score (nSPS) is 16.7. The van der Waals surface area contributed by atoms with Crippen molar-refractivity contribution < 1.29 is 53.7 Å². The van der Waals surface area contributed by atoms with Crippen LogP contribution in [0.3, 0.4) is 0 Å². The van der Waals surface area contributed by atoms with Crippen molar-refractivity contribution in [3.8, 4) is 16.9 Å². The summed E-state index contributed by atoms with van der Waals surface area (Å²) in [5, 5.41) is 0. The van der Waals surface area contributed by atoms with Crippen molar-refractivity contribution in [1.29, 1.82) is 0 Å². The molecule has 4 aromatic carbocycles. The van der Waals surface area contributed by atoms with E-state index in [1.807, 2.05) is 6.92 Å². The molecule has 0 unspecified atom stereocenters. The third-order valence-corrected chi connectivity index (χ3v) is 8.11. The maximum atomic E-state index is 14.9. The van der Waals surface area contributed by atoms with Gasteiger partial charge in [-0.2, -0.15) is 8.78 Å². The van der Waals surface area contributed by atoms with E-state index in [4.69, 9.17) is 9.47 Å². The molecular formula is C36H31F9O3. The molecule has 1 fully saturated rings. The fourth-order valence-corrected chi connectivity index (χ4v) is 5.48. The predicted molar refractivity (Wildman–Crippen MR) is 159 cm³/mol. The summed E-state index contributed by atoms with van der Waals surface area (Å²) in [6, 6.07) is 9.55. The number of rotatable bonds is 12. The van der Waals surface area contributed by atoms with Gasteiger partial charge in [-0.05, 0) is 67.1 Å². The van der Waals surface area contributed by atoms with Crippen LogP contribution in [0.1, 0.15) is 61.2 Å². The van der Waals surface area contributed by atoms with Gasteiger partial charge in [0.2, 0.25) is 0 Å². The number of hydrogen-bond acceptors (Lipinski definition) is 3. The standard InChI is InChI=1S/C36H31F9O3/c1-2-3-4-5-20-7-11-27(31(40)12-20)36(44,45)48-24-16-29(38)26(30(39)17-24)9-6-21-18-46-35(47-19-21)22-8-10-25(28(37)13-22)23-14-32(41)34(43)33(42)15-23/h7-8,10-17,21,35H,2-6,9,18-19H2,1H3. The Balaban J connectivity index is 1.16. The molecule has 0 atom stereocenters. The van der Waals surface area contributed by atoms with Crippen molar-refractivity contribution in [2.45, 2.75) is 57.8 Å². The highest BCUT2D eigenvalue weighted by molar-refractivity contribution is 5.64. The highest BCUT2D eigenvalue weighted by Crippen LogP contribution is 2.36. The van der Waals surface area contributed by atoms with Gasteiger partial charge in [0.05, 0.1) is 18.8 Å². The van der Waals surface area contributed by atoms with E-state index in [-0.39, 0.29) is 54.2 Å². The Morgan fingerprint density at radius 3 is 1.98 bits per heavy atom. The van der Waals surface area contributed by atoms with Gasteiger partial charge < -0.3 is 14.2 Å². The molecule has 0 amide bonds. The van der Waals surface area contributed by atoms with Crippen LogP contribution in [0.15, 0.2) is 60.7 Å². The second-order valence-corrected chi connectivity index (χ2v) is 11.7. The minimum Gasteiger partial charge on any atom is -0.429 e. The second-order valence-electron chi connectivity index (χ2n) is 11.7. The average molecular weight is 683 g/mol. The number of ether oxygens (including phenoxy) is 3. The van der Waals surface area contributed by atoms with Crippen molar-refractivity contribution in [2.75, 3.05) is 13.2 Å². The lowest BCUT2D eigenvalue weighted by Crippen LogP contribution is -2.27. The molecule has 0 spiro atoms. The number of alkyl halides is 2. The van der Waals surface area contributed by atoms with E-state index in [0.29, 0.717) is 36.2 Å². The lowest BCUT2D eigenvalue weighted by Gasteiger charge is -2.30. The van der Waals surface area contributed by atoms with E-state index < -0.39 is 64.4 Å². The highest BCUT2D eigenvalue weighted by Gasteiger charge is 2.38. The quantitative estimate of drug-likeness (QED) is 0.0846. The molecule has 12 heteroatoms. The molecule has 1 heterocycles. The molecule has 0 bridgehead atoms. The van der Waals surface area contributed by atoms with Gasteiger partial charge in [-0.15, -0.1) is 0 Å². The Kier molecular flexibility index (Phi) is 11.0. The lowest BCUT2D eigenvalue weighted by atomic mass is 9.99. The third kappa shape index (κ3) is 8.15. The summed E-state index contributed by atoms with van der Waals surface area (Å²) in [4.78, 5) is 0. The van der Waals surface area contributed by atoms with E-state index >= 15 is 0 Å². The zero-order chi connectivity index (χ0) is 34.6. The first-order chi connectivity index (χ1) is 22.9. The van der Waals surface area contributed by atoms with Gasteiger partial charge in [-0.1, -0.05) is 38.0 Å². The largest absolute Gasteiger partial charge is 0.429 e. The maximum Gasteiger partial charge on any atom is 0.429 e. The molecule has 3 nitrogen and oxygen atoms in total. The predicted octanol–water partition coefficient (Wildman–Crippen LogP) is 10.5. The zero-order valence-corrected chi connectivity index (χ0v) is 25.7. The maximum absolute atomic E-state index is 14.9. The van der Waals surface area contributed by atoms with E-state index in [2.05, 4.69) is 4.74 Å². The van der Waals surface area contributed by atoms with E-state index in [1.54, 1.807) is 0 Å². The molecule has 0 radical (unpaired) electrons. The Hall–Kier alpha value is -4.03. The van der Waals surface area contributed by atoms with Crippen molar-refractivity contribution in [3.05, 3.63) is 124 Å². The summed E-state index contributed by atoms with van der Waals surface area (Å²) in [6.07, 6.45) is -1.99. The molecule has 0 saturated carbocycles. The van der Waals surface area contributed by atoms with E-state index in [1.165, 1.54) is 18.2 Å². The third-order valence-electron chi connectivity index (χ3n) is 8.11. The van der Waals surface area contributed by atoms with Crippen molar-refractivity contribution in [2.24, 2.45) is 5.92 Å². The highest BCUT2D eigenvalue weighted by atomic mass is 19.3. The summed E-state index contributed by atoms with van der Waals surface area (Å²) in [7, 11) is 0. The smallest absolute Gasteiger partial charge is 0.429 e. The van der Waals surface area contributed by atoms with Crippen LogP contribution in [0, 0.1) is 46.6 Å². The Bertz CT molecular complexity index is 1710. The van der Waals surface area contributed by atoms with Gasteiger partial charge >= 0.3 is 6.11 Å². The summed E-state index contributed by atoms with van der Waals surface area (Å²) in [5.74, 6) is -10.0. The molecule has 1 aliphatic rings. The Morgan fingerprint density at radius 1 is 0.708 bits per heavy atom. The number of unbranched alkanes of at least 4 members (excludes halogenated alkanes) is 2. The lowest BCUT2D eigenvalue weighted by molar-refractivity contribution is -0.206. The van der Waals surface area contributed by atoms with E-state index in [0.717, 1.165) is 37.5 Å². The molecular weight excluding hydrogens is 651 g/mol. The summed E-state index contributed by atoms with van der Waals surface area (Å²) in [6.45, 7) is 2.14. The zero-order valence-electron chi connectivity index (χ0n) is 25.7. The Labute approximate surface area is 271 Å². The molecule has 0 aliphatic carbocycles. The molecule has 1 aliphatic heterocycles. The number of aryl methyl sites for hydroxylation is 1. The summed E-state index contributed by atoms with van der Waals surface area (Å²) < 4.78 is 145. The summed E-state index contributed by atoms with van der Waals surface area (Å²) in [5.41, 5.74) is -1.000. The van der Waals surface area contributed by atoms with Gasteiger partial charge in [-0.25, -0.2) is 30.7 Å². The van der Waals surface area contributed by atoms with Gasteiger partial charge in [-0.3, -0.25) is 0 Å². The Morgan fingerprint density at radius 2 is 1.38 bits per heavy atom. The molecule has 0 aromatic heterocycles. The van der Waals surface area contributed by atoms with Gasteiger partial charge in [0, 0.05) is 34.7 Å². The molecule has 5 rings (SSSR count). The average Bonchev–Trinajstić information content (AvgIpc) is 3.03. The van der Waals surface area contributed by atoms with Crippen LogP contribution in [-0.4, -0.2) is 13.2 Å². The minimum atomic E-state index is -4.19. The fourth-order valence-electron chi connectivity index (χ4n) is 5.48. The van der Waals surface area contributed by atoms with Crippen LogP contribution in [0.25, 0.3) is 11.1 Å². The van der Waals surface area contributed by atoms with Crippen LogP contribution in [-0.2, 0) is 28.4 Å². The number of halogens is 9. The number of hydrogen-bond donors (Lipinski definition) is 0. The molecule has 4 aromatic rings. The topological polar surface area (TPSA) is 27.7 Å². The van der Waals surface area contributed by atoms with Crippen molar-refractivity contribution in [3.63, 3.8) is 0 Å². The van der Waals surface area contributed by atoms with Crippen LogP contribution in [0.2, 0.25) is 0 Å². The molecule has 1 saturated heterocycles. The first-order valence-electron chi connectivity index (χ1n) is 15.4. The monoisotopic (exact) mass is 682 g/mol. The first-order valence-corrected chi connectivity index (χ1v) is 15.4. The van der Waals surface area contributed by atoms with Crippen molar-refractivity contribution in [1.82, 2.24) is 0 Å². The fraction of sp³-hybridized carbons (Fsp3) is 0.333. The van der Waals surface area contributed by atoms with Gasteiger partial charge in [0.1, 0.15) is 29.0 Å². The van der Waals surface area contributed by atoms with Gasteiger partial charge in [0.15, 0.2) is 23.7 Å². The first kappa shape index (κ1) is 35.3. The van der Waals surface area contributed by atoms with Crippen LogP contribution in [0.5, 0.6) is 5.75 Å². The molecule has 256 valence electrons. The van der Waals surface area contributed by atoms with Crippen LogP contribution >= 0.6 is 0 Å². The van der Waals surface area contributed by atoms with Crippen LogP contribution in [0.4, 0.5) is 39.5 Å². The van der Waals surface area contributed by atoms with Gasteiger partial charge in [0.25, 0.3) is 0 Å². The minimum absolute atomic E-state index is 0.0715. The van der Waals surface area contributed by atoms with E-state index in [9.17, 15) is 39.5 Å². The van der Waals surface area contributed by atoms with Crippen LogP contribution < -0.4 is 4.74 Å². The van der Waals surface area contributed by atoms with Crippen molar-refractivity contribution >= 4 is 0 Å². The SMILES string of the molecule is CCCCCc1ccc(C(F)(F)Oc2cc(F)c(CCC3COC(c4ccc(-c5cc(F)c(F)c(F)c5)c(F)c4)OC3)c(F)c2)c(F)c1. The second kappa shape index (κ2) is 15.0.